The van der Waals surface area contributed by atoms with Gasteiger partial charge in [-0.25, -0.2) is 23.4 Å². The van der Waals surface area contributed by atoms with Gasteiger partial charge in [-0.2, -0.15) is 0 Å². The first-order chi connectivity index (χ1) is 12.7. The maximum absolute atomic E-state index is 11.8. The maximum atomic E-state index is 11.8. The van der Waals surface area contributed by atoms with Crippen molar-refractivity contribution in [2.45, 2.75) is 45.0 Å². The molecule has 27 heavy (non-hydrogen) atoms. The van der Waals surface area contributed by atoms with Crippen LogP contribution in [0.5, 0.6) is 0 Å². The van der Waals surface area contributed by atoms with Crippen LogP contribution in [0.1, 0.15) is 27.0 Å². The van der Waals surface area contributed by atoms with Gasteiger partial charge in [0.1, 0.15) is 23.9 Å². The van der Waals surface area contributed by atoms with E-state index in [-0.39, 0.29) is 11.6 Å². The number of aromatic nitrogens is 4. The second-order valence-electron chi connectivity index (χ2n) is 6.68. The number of anilines is 1. The smallest absolute Gasteiger partial charge is 0.232 e. The monoisotopic (exact) mass is 396 g/mol. The van der Waals surface area contributed by atoms with Crippen LogP contribution < -0.4 is 10.5 Å². The number of nitrogens with one attached hydrogen (secondary N) is 1. The van der Waals surface area contributed by atoms with Crippen molar-refractivity contribution in [3.63, 3.8) is 0 Å². The lowest BCUT2D eigenvalue weighted by Gasteiger charge is -2.23. The van der Waals surface area contributed by atoms with Gasteiger partial charge in [0.15, 0.2) is 29.5 Å². The topological polar surface area (TPSA) is 143 Å². The van der Waals surface area contributed by atoms with Crippen LogP contribution in [0.25, 0.3) is 11.2 Å². The Balaban J connectivity index is 1.73. The second-order valence-corrected chi connectivity index (χ2v) is 8.72. The molecule has 2 aromatic rings. The molecule has 11 nitrogen and oxygen atoms in total. The molecule has 3 N–H and O–H groups in total. The Labute approximate surface area is 155 Å². The second kappa shape index (κ2) is 6.04. The van der Waals surface area contributed by atoms with E-state index in [4.69, 9.17) is 19.9 Å². The molecule has 0 saturated carbocycles. The fourth-order valence-corrected chi connectivity index (χ4v) is 3.57. The van der Waals surface area contributed by atoms with Crippen LogP contribution in [0.4, 0.5) is 5.82 Å². The van der Waals surface area contributed by atoms with E-state index < -0.39 is 34.2 Å². The zero-order valence-electron chi connectivity index (χ0n) is 15.0. The van der Waals surface area contributed by atoms with Crippen LogP contribution in [-0.4, -0.2) is 51.7 Å². The standard InChI is InChI=1S/C15H20N6O5S/c1-4-27(22,23)20-5-8-10-11(26-15(2,3)25-10)14(24-8)21-7-19-9-12(16)17-6-18-13(9)21/h5-7,10-11,14,20H,4H2,1-3H3,(H2,16,17,18)/t10-,11-,14-/m1/s1. The Morgan fingerprint density at radius 1 is 1.33 bits per heavy atom. The van der Waals surface area contributed by atoms with Crippen molar-refractivity contribution in [3.8, 4) is 0 Å². The van der Waals surface area contributed by atoms with Crippen molar-refractivity contribution >= 4 is 27.0 Å². The summed E-state index contributed by atoms with van der Waals surface area (Å²) in [5, 5.41) is 0. The van der Waals surface area contributed by atoms with Gasteiger partial charge in [-0.05, 0) is 20.8 Å². The predicted molar refractivity (Wildman–Crippen MR) is 94.4 cm³/mol. The van der Waals surface area contributed by atoms with E-state index in [1.165, 1.54) is 18.9 Å². The highest BCUT2D eigenvalue weighted by Gasteiger charge is 2.54. The Hall–Kier alpha value is -2.44. The van der Waals surface area contributed by atoms with E-state index in [0.29, 0.717) is 16.9 Å². The van der Waals surface area contributed by atoms with Gasteiger partial charge in [0.25, 0.3) is 0 Å². The maximum Gasteiger partial charge on any atom is 0.232 e. The van der Waals surface area contributed by atoms with Gasteiger partial charge >= 0.3 is 0 Å². The first kappa shape index (κ1) is 17.9. The molecule has 0 aromatic carbocycles. The molecular formula is C15H20N6O5S. The minimum Gasteiger partial charge on any atom is -0.467 e. The van der Waals surface area contributed by atoms with Crippen LogP contribution in [0.2, 0.25) is 0 Å². The number of nitrogens with zero attached hydrogens (tertiary/aromatic N) is 4. The molecule has 3 atom stereocenters. The molecule has 0 radical (unpaired) electrons. The fourth-order valence-electron chi connectivity index (χ4n) is 3.11. The third-order valence-electron chi connectivity index (χ3n) is 4.37. The Morgan fingerprint density at radius 3 is 2.85 bits per heavy atom. The average molecular weight is 396 g/mol. The number of hydrogen-bond donors (Lipinski definition) is 2. The number of hydrogen-bond acceptors (Lipinski definition) is 9. The number of nitrogens with two attached hydrogens (primary N) is 1. The summed E-state index contributed by atoms with van der Waals surface area (Å²) in [5.74, 6) is -0.343. The molecule has 0 bridgehead atoms. The number of rotatable bonds is 4. The highest BCUT2D eigenvalue weighted by Crippen LogP contribution is 2.45. The summed E-state index contributed by atoms with van der Waals surface area (Å²) in [5.41, 5.74) is 6.77. The van der Waals surface area contributed by atoms with Gasteiger partial charge in [-0.1, -0.05) is 0 Å². The van der Waals surface area contributed by atoms with Crippen LogP contribution >= 0.6 is 0 Å². The molecule has 0 amide bonds. The van der Waals surface area contributed by atoms with E-state index in [1.54, 1.807) is 25.3 Å². The van der Waals surface area contributed by atoms with Gasteiger partial charge in [0.2, 0.25) is 16.3 Å². The lowest BCUT2D eigenvalue weighted by atomic mass is 10.2. The van der Waals surface area contributed by atoms with Crippen molar-refractivity contribution in [3.05, 3.63) is 24.6 Å². The molecule has 4 heterocycles. The normalized spacial score (nSPS) is 28.4. The van der Waals surface area contributed by atoms with E-state index in [9.17, 15) is 8.42 Å². The molecule has 2 aliphatic rings. The van der Waals surface area contributed by atoms with Gasteiger partial charge < -0.3 is 19.9 Å². The SMILES string of the molecule is CCS(=O)(=O)NC=C1O[C@@H](n2cnc3c(N)ncnc32)[C@@H]2OC(C)(C)O[C@H]12. The molecule has 2 fully saturated rings. The molecule has 0 aliphatic carbocycles. The third kappa shape index (κ3) is 3.09. The van der Waals surface area contributed by atoms with E-state index in [0.717, 1.165) is 0 Å². The molecule has 2 saturated heterocycles. The summed E-state index contributed by atoms with van der Waals surface area (Å²) >= 11 is 0. The van der Waals surface area contributed by atoms with Crippen molar-refractivity contribution in [2.75, 3.05) is 11.5 Å². The van der Waals surface area contributed by atoms with Crippen LogP contribution in [-0.2, 0) is 24.2 Å². The highest BCUT2D eigenvalue weighted by molar-refractivity contribution is 7.89. The van der Waals surface area contributed by atoms with E-state index in [1.807, 2.05) is 0 Å². The van der Waals surface area contributed by atoms with Crippen LogP contribution in [0.3, 0.4) is 0 Å². The Kier molecular flexibility index (Phi) is 4.01. The minimum atomic E-state index is -3.44. The first-order valence-corrected chi connectivity index (χ1v) is 10.0. The largest absolute Gasteiger partial charge is 0.467 e. The Morgan fingerprint density at radius 2 is 2.11 bits per heavy atom. The summed E-state index contributed by atoms with van der Waals surface area (Å²) in [4.78, 5) is 12.4. The van der Waals surface area contributed by atoms with Gasteiger partial charge in [-0.3, -0.25) is 9.29 Å². The zero-order valence-corrected chi connectivity index (χ0v) is 15.8. The number of ether oxygens (including phenoxy) is 3. The van der Waals surface area contributed by atoms with Gasteiger partial charge in [-0.15, -0.1) is 0 Å². The van der Waals surface area contributed by atoms with Crippen molar-refractivity contribution in [1.29, 1.82) is 0 Å². The molecule has 12 heteroatoms. The first-order valence-electron chi connectivity index (χ1n) is 8.36. The van der Waals surface area contributed by atoms with Gasteiger partial charge in [0, 0.05) is 0 Å². The summed E-state index contributed by atoms with van der Waals surface area (Å²) in [6.07, 6.45) is 2.40. The number of nitrogen functional groups attached to an aromatic ring is 1. The lowest BCUT2D eigenvalue weighted by molar-refractivity contribution is -0.173. The van der Waals surface area contributed by atoms with Crippen molar-refractivity contribution in [2.24, 2.45) is 0 Å². The predicted octanol–water partition coefficient (Wildman–Crippen LogP) is 0.238. The highest BCUT2D eigenvalue weighted by atomic mass is 32.2. The third-order valence-corrected chi connectivity index (χ3v) is 5.61. The molecule has 0 spiro atoms. The zero-order chi connectivity index (χ0) is 19.4. The minimum absolute atomic E-state index is 0.0560. The molecular weight excluding hydrogens is 376 g/mol. The number of fused-ring (bicyclic) bond motifs is 2. The molecule has 4 rings (SSSR count). The Bertz CT molecular complexity index is 1020. The summed E-state index contributed by atoms with van der Waals surface area (Å²) < 4.78 is 45.4. The lowest BCUT2D eigenvalue weighted by Crippen LogP contribution is -2.27. The van der Waals surface area contributed by atoms with E-state index >= 15 is 0 Å². The summed E-state index contributed by atoms with van der Waals surface area (Å²) in [6, 6.07) is 0. The summed E-state index contributed by atoms with van der Waals surface area (Å²) in [7, 11) is -3.44. The van der Waals surface area contributed by atoms with Crippen LogP contribution in [0.15, 0.2) is 24.6 Å². The van der Waals surface area contributed by atoms with Crippen LogP contribution in [0, 0.1) is 0 Å². The van der Waals surface area contributed by atoms with Crippen molar-refractivity contribution < 1.29 is 22.6 Å². The molecule has 2 aliphatic heterocycles. The number of imidazole rings is 1. The molecule has 146 valence electrons. The molecule has 2 aromatic heterocycles. The van der Waals surface area contributed by atoms with E-state index in [2.05, 4.69) is 19.7 Å². The molecule has 0 unspecified atom stereocenters. The summed E-state index contributed by atoms with van der Waals surface area (Å²) in [6.45, 7) is 5.10. The quantitative estimate of drug-likeness (QED) is 0.742. The fraction of sp³-hybridized carbons (Fsp3) is 0.533. The van der Waals surface area contributed by atoms with Crippen molar-refractivity contribution in [1.82, 2.24) is 24.2 Å². The number of sulfonamides is 1. The van der Waals surface area contributed by atoms with Gasteiger partial charge in [0.05, 0.1) is 12.0 Å². The average Bonchev–Trinajstić information content (AvgIpc) is 3.25.